The Balaban J connectivity index is 1.55. The van der Waals surface area contributed by atoms with Crippen LogP contribution in [0.3, 0.4) is 0 Å². The van der Waals surface area contributed by atoms with Gasteiger partial charge >= 0.3 is 0 Å². The normalized spacial score (nSPS) is 16.0. The third-order valence-electron chi connectivity index (χ3n) is 4.94. The van der Waals surface area contributed by atoms with Crippen LogP contribution in [0.5, 0.6) is 5.75 Å². The van der Waals surface area contributed by atoms with E-state index >= 15 is 0 Å². The topological polar surface area (TPSA) is 50.4 Å². The summed E-state index contributed by atoms with van der Waals surface area (Å²) in [7, 11) is 0. The number of carbonyl (C=O) groups excluding carboxylic acids is 1. The second kappa shape index (κ2) is 9.97. The molecule has 1 amide bonds. The molecule has 1 atom stereocenters. The molecule has 1 heterocycles. The monoisotopic (exact) mass is 352 g/mol. The lowest BCUT2D eigenvalue weighted by Crippen LogP contribution is -2.33. The summed E-state index contributed by atoms with van der Waals surface area (Å²) in [4.78, 5) is 12.5. The fourth-order valence-electron chi connectivity index (χ4n) is 3.37. The molecule has 0 spiro atoms. The van der Waals surface area contributed by atoms with Crippen molar-refractivity contribution in [2.24, 2.45) is 5.92 Å². The van der Waals surface area contributed by atoms with E-state index in [1.54, 1.807) is 0 Å². The summed E-state index contributed by atoms with van der Waals surface area (Å²) in [6.07, 6.45) is 3.90. The summed E-state index contributed by atoms with van der Waals surface area (Å²) in [5.41, 5.74) is 1.07. The smallest absolute Gasteiger partial charge is 0.220 e. The molecule has 3 rings (SSSR count). The van der Waals surface area contributed by atoms with Crippen molar-refractivity contribution < 1.29 is 9.53 Å². The zero-order valence-electron chi connectivity index (χ0n) is 15.2. The van der Waals surface area contributed by atoms with Gasteiger partial charge in [-0.2, -0.15) is 0 Å². The highest BCUT2D eigenvalue weighted by Crippen LogP contribution is 2.19. The van der Waals surface area contributed by atoms with Gasteiger partial charge in [0.1, 0.15) is 12.4 Å². The minimum absolute atomic E-state index is 0.106. The predicted molar refractivity (Wildman–Crippen MR) is 104 cm³/mol. The van der Waals surface area contributed by atoms with Gasteiger partial charge in [-0.15, -0.1) is 0 Å². The molecule has 2 aromatic rings. The van der Waals surface area contributed by atoms with Gasteiger partial charge in [0.15, 0.2) is 0 Å². The lowest BCUT2D eigenvalue weighted by Gasteiger charge is -2.23. The van der Waals surface area contributed by atoms with Gasteiger partial charge < -0.3 is 15.4 Å². The van der Waals surface area contributed by atoms with Crippen molar-refractivity contribution in [2.75, 3.05) is 19.7 Å². The van der Waals surface area contributed by atoms with Gasteiger partial charge in [-0.25, -0.2) is 0 Å². The maximum Gasteiger partial charge on any atom is 0.220 e. The van der Waals surface area contributed by atoms with E-state index in [1.807, 2.05) is 60.7 Å². The minimum atomic E-state index is -0.142. The number of piperidine rings is 1. The molecule has 1 saturated heterocycles. The van der Waals surface area contributed by atoms with Crippen molar-refractivity contribution in [3.63, 3.8) is 0 Å². The number of ether oxygens (including phenoxy) is 1. The van der Waals surface area contributed by atoms with Gasteiger partial charge in [-0.05, 0) is 56.0 Å². The van der Waals surface area contributed by atoms with Crippen LogP contribution < -0.4 is 15.4 Å². The molecule has 0 aliphatic carbocycles. The van der Waals surface area contributed by atoms with Crippen molar-refractivity contribution in [1.82, 2.24) is 10.6 Å². The molecule has 0 saturated carbocycles. The van der Waals surface area contributed by atoms with Crippen LogP contribution >= 0.6 is 0 Å². The zero-order valence-corrected chi connectivity index (χ0v) is 15.2. The number of hydrogen-bond donors (Lipinski definition) is 2. The van der Waals surface area contributed by atoms with Crippen molar-refractivity contribution in [2.45, 2.75) is 31.7 Å². The molecular weight excluding hydrogens is 324 g/mol. The summed E-state index contributed by atoms with van der Waals surface area (Å²) in [5.74, 6) is 1.59. The van der Waals surface area contributed by atoms with Gasteiger partial charge in [0.05, 0.1) is 6.04 Å². The van der Waals surface area contributed by atoms with Crippen molar-refractivity contribution >= 4 is 5.91 Å². The Kier molecular flexibility index (Phi) is 7.08. The first-order valence-corrected chi connectivity index (χ1v) is 9.54. The Bertz CT molecular complexity index is 654. The Morgan fingerprint density at radius 3 is 2.38 bits per heavy atom. The van der Waals surface area contributed by atoms with Crippen molar-refractivity contribution in [1.29, 1.82) is 0 Å². The second-order valence-corrected chi connectivity index (χ2v) is 6.89. The Hall–Kier alpha value is -2.33. The number of nitrogens with one attached hydrogen (secondary N) is 2. The highest BCUT2D eigenvalue weighted by atomic mass is 16.5. The molecule has 0 bridgehead atoms. The molecule has 1 unspecified atom stereocenters. The highest BCUT2D eigenvalue weighted by molar-refractivity contribution is 5.76. The first kappa shape index (κ1) is 18.5. The first-order chi connectivity index (χ1) is 12.8. The summed E-state index contributed by atoms with van der Waals surface area (Å²) in [6, 6.07) is 19.6. The minimum Gasteiger partial charge on any atom is -0.491 e. The van der Waals surface area contributed by atoms with E-state index in [-0.39, 0.29) is 11.9 Å². The number of amides is 1. The average Bonchev–Trinajstić information content (AvgIpc) is 2.72. The third kappa shape index (κ3) is 5.88. The van der Waals surface area contributed by atoms with Crippen molar-refractivity contribution in [3.05, 3.63) is 66.2 Å². The quantitative estimate of drug-likeness (QED) is 0.762. The van der Waals surface area contributed by atoms with Crippen LogP contribution in [0.4, 0.5) is 0 Å². The van der Waals surface area contributed by atoms with E-state index in [9.17, 15) is 4.79 Å². The standard InChI is InChI=1S/C22H28N2O2/c25-22(12-11-18-13-15-23-16-14-18)24-21(19-7-3-1-4-8-19)17-26-20-9-5-2-6-10-20/h1-10,18,21,23H,11-17H2,(H,24,25). The van der Waals surface area contributed by atoms with Crippen LogP contribution in [0.1, 0.15) is 37.3 Å². The molecule has 2 aromatic carbocycles. The van der Waals surface area contributed by atoms with Gasteiger partial charge in [-0.1, -0.05) is 48.5 Å². The van der Waals surface area contributed by atoms with Crippen LogP contribution in [0.15, 0.2) is 60.7 Å². The number of para-hydroxylation sites is 1. The second-order valence-electron chi connectivity index (χ2n) is 6.89. The molecular formula is C22H28N2O2. The van der Waals surface area contributed by atoms with Crippen molar-refractivity contribution in [3.8, 4) is 5.75 Å². The van der Waals surface area contributed by atoms with Crippen LogP contribution in [-0.4, -0.2) is 25.6 Å². The largest absolute Gasteiger partial charge is 0.491 e. The molecule has 138 valence electrons. The molecule has 4 heteroatoms. The Morgan fingerprint density at radius 1 is 1.04 bits per heavy atom. The lowest BCUT2D eigenvalue weighted by atomic mass is 9.93. The molecule has 0 radical (unpaired) electrons. The number of rotatable bonds is 8. The molecule has 1 fully saturated rings. The van der Waals surface area contributed by atoms with Gasteiger partial charge in [-0.3, -0.25) is 4.79 Å². The van der Waals surface area contributed by atoms with E-state index < -0.39 is 0 Å². The third-order valence-corrected chi connectivity index (χ3v) is 4.94. The maximum absolute atomic E-state index is 12.5. The summed E-state index contributed by atoms with van der Waals surface area (Å²) < 4.78 is 5.89. The van der Waals surface area contributed by atoms with Crippen LogP contribution in [-0.2, 0) is 4.79 Å². The average molecular weight is 352 g/mol. The SMILES string of the molecule is O=C(CCC1CCNCC1)NC(COc1ccccc1)c1ccccc1. The molecule has 1 aliphatic rings. The van der Waals surface area contributed by atoms with E-state index in [4.69, 9.17) is 4.74 Å². The number of hydrogen-bond acceptors (Lipinski definition) is 3. The summed E-state index contributed by atoms with van der Waals surface area (Å²) in [5, 5.41) is 6.53. The molecule has 0 aromatic heterocycles. The molecule has 2 N–H and O–H groups in total. The van der Waals surface area contributed by atoms with Gasteiger partial charge in [0, 0.05) is 6.42 Å². The van der Waals surface area contributed by atoms with E-state index in [1.165, 1.54) is 12.8 Å². The maximum atomic E-state index is 12.5. The first-order valence-electron chi connectivity index (χ1n) is 9.54. The van der Waals surface area contributed by atoms with Crippen LogP contribution in [0, 0.1) is 5.92 Å². The lowest BCUT2D eigenvalue weighted by molar-refractivity contribution is -0.122. The number of benzene rings is 2. The van der Waals surface area contributed by atoms with Crippen LogP contribution in [0.2, 0.25) is 0 Å². The van der Waals surface area contributed by atoms with E-state index in [0.717, 1.165) is 30.8 Å². The highest BCUT2D eigenvalue weighted by Gasteiger charge is 2.18. The van der Waals surface area contributed by atoms with Crippen LogP contribution in [0.25, 0.3) is 0 Å². The van der Waals surface area contributed by atoms with Gasteiger partial charge in [0.25, 0.3) is 0 Å². The summed E-state index contributed by atoms with van der Waals surface area (Å²) in [6.45, 7) is 2.57. The summed E-state index contributed by atoms with van der Waals surface area (Å²) >= 11 is 0. The Labute approximate surface area is 156 Å². The van der Waals surface area contributed by atoms with E-state index in [2.05, 4.69) is 10.6 Å². The van der Waals surface area contributed by atoms with Gasteiger partial charge in [0.2, 0.25) is 5.91 Å². The fourth-order valence-corrected chi connectivity index (χ4v) is 3.37. The molecule has 1 aliphatic heterocycles. The predicted octanol–water partition coefficient (Wildman–Crippen LogP) is 3.70. The zero-order chi connectivity index (χ0) is 18.0. The fraction of sp³-hybridized carbons (Fsp3) is 0.409. The molecule has 26 heavy (non-hydrogen) atoms. The Morgan fingerprint density at radius 2 is 1.69 bits per heavy atom. The molecule has 4 nitrogen and oxygen atoms in total. The number of carbonyl (C=O) groups is 1. The van der Waals surface area contributed by atoms with E-state index in [0.29, 0.717) is 18.9 Å².